The summed E-state index contributed by atoms with van der Waals surface area (Å²) in [4.78, 5) is 15.1. The van der Waals surface area contributed by atoms with E-state index in [0.717, 1.165) is 22.9 Å². The summed E-state index contributed by atoms with van der Waals surface area (Å²) < 4.78 is 59.9. The Morgan fingerprint density at radius 1 is 0.696 bits per heavy atom. The van der Waals surface area contributed by atoms with E-state index in [0.29, 0.717) is 56.6 Å². The van der Waals surface area contributed by atoms with Crippen LogP contribution in [-0.2, 0) is 16.5 Å². The number of carbonyl (C=O) groups is 1. The van der Waals surface area contributed by atoms with Gasteiger partial charge in [-0.15, -0.1) is 0 Å². The van der Waals surface area contributed by atoms with E-state index >= 15 is 0 Å². The summed E-state index contributed by atoms with van der Waals surface area (Å²) in [6.07, 6.45) is -4.53. The van der Waals surface area contributed by atoms with Crippen LogP contribution in [0, 0.1) is 0 Å². The van der Waals surface area contributed by atoms with E-state index in [1.165, 1.54) is 6.07 Å². The Hall–Kier alpha value is -5.76. The van der Waals surface area contributed by atoms with Crippen molar-refractivity contribution in [2.24, 2.45) is 0 Å². The van der Waals surface area contributed by atoms with Gasteiger partial charge in [-0.3, -0.25) is 0 Å². The lowest BCUT2D eigenvalue weighted by Gasteiger charge is -2.37. The lowest BCUT2D eigenvalue weighted by Crippen LogP contribution is -2.33. The number of methoxy groups -OCH3 is 1. The van der Waals surface area contributed by atoms with Gasteiger partial charge in [0, 0.05) is 45.2 Å². The molecule has 1 atom stereocenters. The van der Waals surface area contributed by atoms with Crippen LogP contribution in [0.5, 0.6) is 17.2 Å². The molecule has 46 heavy (non-hydrogen) atoms. The maximum Gasteiger partial charge on any atom is 0.416 e. The molecule has 0 aromatic heterocycles. The first-order chi connectivity index (χ1) is 22.3. The van der Waals surface area contributed by atoms with Crippen LogP contribution in [0.3, 0.4) is 0 Å². The van der Waals surface area contributed by atoms with Crippen molar-refractivity contribution < 1.29 is 32.2 Å². The molecular formula is C38H24F3NO4. The summed E-state index contributed by atoms with van der Waals surface area (Å²) in [6, 6.07) is 36.6. The lowest BCUT2D eigenvalue weighted by atomic mass is 9.77. The molecular weight excluding hydrogens is 591 g/mol. The zero-order valence-corrected chi connectivity index (χ0v) is 24.3. The highest BCUT2D eigenvalue weighted by atomic mass is 19.4. The highest BCUT2D eigenvalue weighted by Crippen LogP contribution is 2.58. The molecule has 0 N–H and O–H groups in total. The van der Waals surface area contributed by atoms with Gasteiger partial charge in [0.05, 0.1) is 18.2 Å². The standard InChI is InChI=1S/C38H24F3NO4/c1-44-28-17-14-25(15-18-28)42(26-9-6-8-24(21-26)38(39,40)41)27-16-20-32-34(22-27)45-35-29-10-3-2-7-23(29)13-19-33(35)37(32)31-12-5-4-11-30(31)36(43)46-37/h2-22H,1H3. The van der Waals surface area contributed by atoms with Crippen molar-refractivity contribution in [2.75, 3.05) is 12.0 Å². The van der Waals surface area contributed by atoms with Gasteiger partial charge in [-0.1, -0.05) is 54.6 Å². The Balaban J connectivity index is 1.37. The highest BCUT2D eigenvalue weighted by Gasteiger charge is 2.53. The van der Waals surface area contributed by atoms with Gasteiger partial charge in [0.15, 0.2) is 5.60 Å². The molecule has 226 valence electrons. The molecule has 6 aromatic carbocycles. The van der Waals surface area contributed by atoms with Crippen LogP contribution in [0.25, 0.3) is 10.8 Å². The van der Waals surface area contributed by atoms with E-state index in [4.69, 9.17) is 14.2 Å². The first kappa shape index (κ1) is 27.8. The molecule has 0 fully saturated rings. The monoisotopic (exact) mass is 615 g/mol. The van der Waals surface area contributed by atoms with E-state index in [-0.39, 0.29) is 0 Å². The third-order valence-corrected chi connectivity index (χ3v) is 8.61. The summed E-state index contributed by atoms with van der Waals surface area (Å²) in [5, 5.41) is 1.78. The Kier molecular flexibility index (Phi) is 6.12. The van der Waals surface area contributed by atoms with Gasteiger partial charge in [0.2, 0.25) is 0 Å². The fourth-order valence-corrected chi connectivity index (χ4v) is 6.53. The minimum Gasteiger partial charge on any atom is -0.497 e. The Morgan fingerprint density at radius 2 is 1.41 bits per heavy atom. The van der Waals surface area contributed by atoms with E-state index in [2.05, 4.69) is 0 Å². The van der Waals surface area contributed by atoms with Crippen molar-refractivity contribution in [1.82, 2.24) is 0 Å². The summed E-state index contributed by atoms with van der Waals surface area (Å²) >= 11 is 0. The molecule has 8 rings (SSSR count). The third-order valence-electron chi connectivity index (χ3n) is 8.61. The lowest BCUT2D eigenvalue weighted by molar-refractivity contribution is -0.137. The summed E-state index contributed by atoms with van der Waals surface area (Å²) in [5.74, 6) is 1.11. The number of alkyl halides is 3. The first-order valence-corrected chi connectivity index (χ1v) is 14.6. The molecule has 8 heteroatoms. The number of fused-ring (bicyclic) bond motifs is 8. The van der Waals surface area contributed by atoms with Crippen LogP contribution >= 0.6 is 0 Å². The average molecular weight is 616 g/mol. The molecule has 2 aliphatic rings. The van der Waals surface area contributed by atoms with Crippen molar-refractivity contribution in [2.45, 2.75) is 11.8 Å². The number of carbonyl (C=O) groups excluding carboxylic acids is 1. The van der Waals surface area contributed by atoms with Crippen LogP contribution in [0.2, 0.25) is 0 Å². The van der Waals surface area contributed by atoms with Crippen molar-refractivity contribution in [3.8, 4) is 17.2 Å². The van der Waals surface area contributed by atoms with Gasteiger partial charge in [-0.05, 0) is 72.1 Å². The number of ether oxygens (including phenoxy) is 3. The molecule has 0 radical (unpaired) electrons. The second kappa shape index (κ2) is 10.1. The number of rotatable bonds is 4. The van der Waals surface area contributed by atoms with Gasteiger partial charge >= 0.3 is 12.1 Å². The average Bonchev–Trinajstić information content (AvgIpc) is 3.37. The van der Waals surface area contributed by atoms with Crippen molar-refractivity contribution >= 4 is 33.8 Å². The Labute approximate surface area is 262 Å². The maximum atomic E-state index is 13.9. The number of hydrogen-bond donors (Lipinski definition) is 0. The first-order valence-electron chi connectivity index (χ1n) is 14.6. The molecule has 1 spiro atoms. The minimum atomic E-state index is -4.53. The van der Waals surface area contributed by atoms with E-state index in [9.17, 15) is 18.0 Å². The maximum absolute atomic E-state index is 13.9. The van der Waals surface area contributed by atoms with Crippen LogP contribution < -0.4 is 14.4 Å². The molecule has 2 aliphatic heterocycles. The van der Waals surface area contributed by atoms with E-state index in [1.54, 1.807) is 66.6 Å². The SMILES string of the molecule is COc1ccc(N(c2cccc(C(F)(F)F)c2)c2ccc3c(c2)Oc2c(ccc4ccccc24)C32OC(=O)c3ccccc32)cc1. The zero-order valence-electron chi connectivity index (χ0n) is 24.3. The molecule has 0 saturated carbocycles. The normalized spacial score (nSPS) is 16.3. The predicted molar refractivity (Wildman–Crippen MR) is 168 cm³/mol. The van der Waals surface area contributed by atoms with Gasteiger partial charge in [-0.25, -0.2) is 4.79 Å². The molecule has 0 saturated heterocycles. The largest absolute Gasteiger partial charge is 0.497 e. The number of esters is 1. The van der Waals surface area contributed by atoms with Crippen LogP contribution in [0.4, 0.5) is 30.2 Å². The van der Waals surface area contributed by atoms with Crippen LogP contribution in [-0.4, -0.2) is 13.1 Å². The van der Waals surface area contributed by atoms with Gasteiger partial charge < -0.3 is 19.1 Å². The summed E-state index contributed by atoms with van der Waals surface area (Å²) in [5.41, 5.74) is 1.83. The van der Waals surface area contributed by atoms with Gasteiger partial charge in [0.1, 0.15) is 17.2 Å². The van der Waals surface area contributed by atoms with Gasteiger partial charge in [-0.2, -0.15) is 13.2 Å². The summed E-state index contributed by atoms with van der Waals surface area (Å²) in [6.45, 7) is 0. The molecule has 0 amide bonds. The number of anilines is 3. The third kappa shape index (κ3) is 4.14. The van der Waals surface area contributed by atoms with Crippen molar-refractivity contribution in [3.63, 3.8) is 0 Å². The predicted octanol–water partition coefficient (Wildman–Crippen LogP) is 9.90. The van der Waals surface area contributed by atoms with E-state index in [1.807, 2.05) is 54.6 Å². The molecule has 2 heterocycles. The Morgan fingerprint density at radius 3 is 2.22 bits per heavy atom. The Bertz CT molecular complexity index is 2180. The second-order valence-electron chi connectivity index (χ2n) is 11.1. The van der Waals surface area contributed by atoms with Crippen molar-refractivity contribution in [3.05, 3.63) is 155 Å². The number of halogens is 3. The number of nitrogens with zero attached hydrogens (tertiary/aromatic N) is 1. The van der Waals surface area contributed by atoms with Crippen molar-refractivity contribution in [1.29, 1.82) is 0 Å². The zero-order chi connectivity index (χ0) is 31.6. The second-order valence-corrected chi connectivity index (χ2v) is 11.1. The fraction of sp³-hybridized carbons (Fsp3) is 0.0789. The van der Waals surface area contributed by atoms with Crippen LogP contribution in [0.15, 0.2) is 127 Å². The smallest absolute Gasteiger partial charge is 0.416 e. The number of benzene rings is 6. The van der Waals surface area contributed by atoms with Gasteiger partial charge in [0.25, 0.3) is 0 Å². The highest BCUT2D eigenvalue weighted by molar-refractivity contribution is 5.99. The molecule has 0 aliphatic carbocycles. The van der Waals surface area contributed by atoms with Crippen LogP contribution in [0.1, 0.15) is 32.6 Å². The molecule has 5 nitrogen and oxygen atoms in total. The fourth-order valence-electron chi connectivity index (χ4n) is 6.53. The molecule has 0 bridgehead atoms. The van der Waals surface area contributed by atoms with E-state index < -0.39 is 23.3 Å². The molecule has 6 aromatic rings. The topological polar surface area (TPSA) is 48.0 Å². The molecule has 1 unspecified atom stereocenters. The number of hydrogen-bond acceptors (Lipinski definition) is 5. The summed E-state index contributed by atoms with van der Waals surface area (Å²) in [7, 11) is 1.55. The quantitative estimate of drug-likeness (QED) is 0.185. The minimum absolute atomic E-state index is 0.300.